The minimum absolute atomic E-state index is 0.0229. The van der Waals surface area contributed by atoms with Crippen LogP contribution in [0.25, 0.3) is 22.3 Å². The third-order valence-electron chi connectivity index (χ3n) is 7.02. The van der Waals surface area contributed by atoms with Crippen molar-refractivity contribution in [2.24, 2.45) is 0 Å². The van der Waals surface area contributed by atoms with Crippen LogP contribution in [0.15, 0.2) is 17.4 Å². The van der Waals surface area contributed by atoms with Gasteiger partial charge in [0.25, 0.3) is 5.56 Å². The van der Waals surface area contributed by atoms with Crippen molar-refractivity contribution in [2.75, 3.05) is 24.7 Å². The van der Waals surface area contributed by atoms with Gasteiger partial charge in [-0.2, -0.15) is 9.67 Å². The maximum atomic E-state index is 16.0. The second kappa shape index (κ2) is 11.2. The molecule has 3 aliphatic rings. The number of rotatable bonds is 2. The van der Waals surface area contributed by atoms with Gasteiger partial charge in [0, 0.05) is 5.25 Å². The second-order valence-electron chi connectivity index (χ2n) is 9.88. The Hall–Kier alpha value is -2.27. The molecule has 3 aliphatic heterocycles. The van der Waals surface area contributed by atoms with E-state index in [0.717, 1.165) is 11.0 Å². The quantitative estimate of drug-likeness (QED) is 0.172. The molecule has 44 heavy (non-hydrogen) atoms. The molecule has 0 aromatic carbocycles. The highest BCUT2D eigenvalue weighted by molar-refractivity contribution is 8.07. The molecule has 3 saturated heterocycles. The molecule has 4 aromatic heterocycles. The molecule has 0 amide bonds. The van der Waals surface area contributed by atoms with Crippen LogP contribution in [0, 0.1) is 0 Å². The number of nitrogens with zero attached hydrogens (tertiary/aromatic N) is 8. The number of alkyl halides is 1. The number of aromatic nitrogens is 9. The SMILES string of the molecule is Nc1nc2c(ncn2[C@@H]2S[C@@H]3COP(O)(=S)O[C@H]4[C@H](F)[C@H](n5nnc6c(N)ncnc65)O[C@@H]4COP(O)(=S)O[C@@H]2C3)c(=O)[nH]1. The fraction of sp³-hybridized carbons (Fsp3) is 0.526. The lowest BCUT2D eigenvalue weighted by atomic mass is 10.1. The summed E-state index contributed by atoms with van der Waals surface area (Å²) in [7, 11) is 0. The summed E-state index contributed by atoms with van der Waals surface area (Å²) in [6, 6.07) is 0. The van der Waals surface area contributed by atoms with Crippen molar-refractivity contribution in [3.8, 4) is 0 Å². The lowest BCUT2D eigenvalue weighted by Gasteiger charge is -2.27. The first kappa shape index (κ1) is 30.4. The van der Waals surface area contributed by atoms with E-state index in [1.807, 2.05) is 0 Å². The smallest absolute Gasteiger partial charge is 0.325 e. The summed E-state index contributed by atoms with van der Waals surface area (Å²) < 4.78 is 47.3. The van der Waals surface area contributed by atoms with Crippen molar-refractivity contribution in [3.05, 3.63) is 23.0 Å². The Labute approximate surface area is 259 Å². The van der Waals surface area contributed by atoms with Crippen LogP contribution in [0.4, 0.5) is 16.2 Å². The number of nitrogens with one attached hydrogen (secondary N) is 1. The lowest BCUT2D eigenvalue weighted by Crippen LogP contribution is -2.34. The number of H-pyrrole nitrogens is 1. The molecule has 2 unspecified atom stereocenters. The standard InChI is InChI=1S/C19H22FN11O8P2S3/c20-9-12-8(37-17(9)31-14-10(28-29-31)13(21)23-4-24-14)3-36-40(33,42)38-7-1-6(2-35-41(34,43)39-12)44-18(7)30-5-25-11-15(30)26-19(22)27-16(11)32/h4-9,12,17-18H,1-3H2,(H,33,42)(H,34,43)(H2,21,23,24)(H3,22,26,27,32)/t6-,7+,8+,9-,12+,17+,18+,40?,41?/m0/s1. The van der Waals surface area contributed by atoms with Gasteiger partial charge in [0.05, 0.1) is 25.6 Å². The van der Waals surface area contributed by atoms with Crippen LogP contribution >= 0.6 is 25.2 Å². The van der Waals surface area contributed by atoms with Crippen LogP contribution in [-0.2, 0) is 46.4 Å². The number of hydrogen-bond donors (Lipinski definition) is 5. The first-order chi connectivity index (χ1) is 20.9. The third-order valence-corrected chi connectivity index (χ3v) is 11.7. The molecule has 7 rings (SSSR count). The zero-order valence-corrected chi connectivity index (χ0v) is 26.1. The molecule has 3 fully saturated rings. The first-order valence-corrected chi connectivity index (χ1v) is 18.8. The van der Waals surface area contributed by atoms with E-state index < -0.39 is 66.9 Å². The fourth-order valence-electron chi connectivity index (χ4n) is 5.13. The number of imidazole rings is 1. The molecular formula is C19H22FN11O8P2S3. The Balaban J connectivity index is 1.19. The number of nitrogen functional groups attached to an aromatic ring is 2. The molecule has 0 aliphatic carbocycles. The topological polar surface area (TPSA) is 259 Å². The lowest BCUT2D eigenvalue weighted by molar-refractivity contribution is -0.0488. The van der Waals surface area contributed by atoms with E-state index in [9.17, 15) is 14.6 Å². The summed E-state index contributed by atoms with van der Waals surface area (Å²) in [6.45, 7) is -8.76. The summed E-state index contributed by atoms with van der Waals surface area (Å²) in [5.41, 5.74) is 11.5. The highest BCUT2D eigenvalue weighted by Crippen LogP contribution is 2.56. The van der Waals surface area contributed by atoms with E-state index in [2.05, 4.69) is 35.2 Å². The number of anilines is 2. The van der Waals surface area contributed by atoms with Gasteiger partial charge in [0.2, 0.25) is 5.95 Å². The Bertz CT molecular complexity index is 1920. The van der Waals surface area contributed by atoms with Gasteiger partial charge in [-0.1, -0.05) is 5.21 Å². The minimum atomic E-state index is -4.08. The summed E-state index contributed by atoms with van der Waals surface area (Å²) in [6.07, 6.45) is -4.29. The number of fused-ring (bicyclic) bond motifs is 5. The van der Waals surface area contributed by atoms with Crippen molar-refractivity contribution in [1.29, 1.82) is 0 Å². The van der Waals surface area contributed by atoms with Crippen LogP contribution < -0.4 is 17.0 Å². The largest absolute Gasteiger partial charge is 0.382 e. The van der Waals surface area contributed by atoms with Gasteiger partial charge in [-0.05, 0) is 30.0 Å². The fourth-order valence-corrected chi connectivity index (χ4v) is 9.70. The van der Waals surface area contributed by atoms with E-state index in [0.29, 0.717) is 0 Å². The van der Waals surface area contributed by atoms with E-state index in [1.165, 1.54) is 18.1 Å². The second-order valence-corrected chi connectivity index (χ2v) is 16.9. The number of aromatic amines is 1. The zero-order chi connectivity index (χ0) is 31.0. The zero-order valence-electron chi connectivity index (χ0n) is 21.9. The van der Waals surface area contributed by atoms with Crippen LogP contribution in [0.2, 0.25) is 0 Å². The Kier molecular flexibility index (Phi) is 7.74. The van der Waals surface area contributed by atoms with Gasteiger partial charge >= 0.3 is 13.4 Å². The normalized spacial score (nSPS) is 36.6. The molecule has 2 bridgehead atoms. The van der Waals surface area contributed by atoms with Crippen LogP contribution in [0.3, 0.4) is 0 Å². The van der Waals surface area contributed by atoms with Gasteiger partial charge in [-0.25, -0.2) is 19.3 Å². The Morgan fingerprint density at radius 3 is 2.66 bits per heavy atom. The molecule has 25 heteroatoms. The van der Waals surface area contributed by atoms with Gasteiger partial charge < -0.3 is 39.6 Å². The highest BCUT2D eigenvalue weighted by atomic mass is 32.5. The predicted octanol–water partition coefficient (Wildman–Crippen LogP) is 0.00930. The van der Waals surface area contributed by atoms with Crippen molar-refractivity contribution in [2.45, 2.75) is 47.8 Å². The molecule has 0 spiro atoms. The van der Waals surface area contributed by atoms with Gasteiger partial charge in [-0.15, -0.1) is 16.9 Å². The number of halogens is 1. The molecule has 7 heterocycles. The predicted molar refractivity (Wildman–Crippen MR) is 159 cm³/mol. The Morgan fingerprint density at radius 1 is 1.07 bits per heavy atom. The Morgan fingerprint density at radius 2 is 1.84 bits per heavy atom. The number of thioether (sulfide) groups is 1. The van der Waals surface area contributed by atoms with Crippen molar-refractivity contribution < 1.29 is 37.0 Å². The molecule has 7 N–H and O–H groups in total. The van der Waals surface area contributed by atoms with Gasteiger partial charge in [-0.3, -0.25) is 18.9 Å². The average molecular weight is 710 g/mol. The summed E-state index contributed by atoms with van der Waals surface area (Å²) in [5, 5.41) is 6.78. The molecular weight excluding hydrogens is 687 g/mol. The summed E-state index contributed by atoms with van der Waals surface area (Å²) >= 11 is 11.9. The maximum Gasteiger partial charge on any atom is 0.325 e. The van der Waals surface area contributed by atoms with Crippen molar-refractivity contribution in [1.82, 2.24) is 44.5 Å². The number of ether oxygens (including phenoxy) is 1. The molecule has 0 radical (unpaired) electrons. The van der Waals surface area contributed by atoms with E-state index in [-0.39, 0.29) is 47.1 Å². The van der Waals surface area contributed by atoms with Crippen molar-refractivity contribution in [3.63, 3.8) is 0 Å². The van der Waals surface area contributed by atoms with Crippen LogP contribution in [0.5, 0.6) is 0 Å². The molecule has 9 atom stereocenters. The summed E-state index contributed by atoms with van der Waals surface area (Å²) in [4.78, 5) is 53.0. The first-order valence-electron chi connectivity index (χ1n) is 12.7. The minimum Gasteiger partial charge on any atom is -0.382 e. The van der Waals surface area contributed by atoms with Crippen LogP contribution in [-0.4, -0.2) is 97.2 Å². The van der Waals surface area contributed by atoms with Gasteiger partial charge in [0.1, 0.15) is 23.9 Å². The van der Waals surface area contributed by atoms with Crippen LogP contribution in [0.1, 0.15) is 18.0 Å². The van der Waals surface area contributed by atoms with E-state index in [4.69, 9.17) is 57.9 Å². The monoisotopic (exact) mass is 709 g/mol. The molecule has 236 valence electrons. The van der Waals surface area contributed by atoms with E-state index >= 15 is 4.39 Å². The number of nitrogens with two attached hydrogens (primary N) is 2. The average Bonchev–Trinajstić information content (AvgIpc) is 3.72. The molecule has 19 nitrogen and oxygen atoms in total. The van der Waals surface area contributed by atoms with Crippen molar-refractivity contribution >= 4 is 82.9 Å². The molecule has 0 saturated carbocycles. The number of hydrogen-bond acceptors (Lipinski definition) is 17. The third kappa shape index (κ3) is 5.54. The summed E-state index contributed by atoms with van der Waals surface area (Å²) in [5.74, 6) is -0.0967. The maximum absolute atomic E-state index is 16.0. The van der Waals surface area contributed by atoms with Gasteiger partial charge in [0.15, 0.2) is 40.5 Å². The molecule has 4 aromatic rings. The van der Waals surface area contributed by atoms with E-state index in [1.54, 1.807) is 4.57 Å². The highest BCUT2D eigenvalue weighted by Gasteiger charge is 2.52.